The molecule has 0 amide bonds. The Bertz CT molecular complexity index is 759. The van der Waals surface area contributed by atoms with Crippen molar-refractivity contribution in [2.45, 2.75) is 63.2 Å². The molecular weight excluding hydrogens is 326 g/mol. The van der Waals surface area contributed by atoms with Crippen molar-refractivity contribution in [2.24, 2.45) is 9.17 Å². The number of hydrogen-bond acceptors (Lipinski definition) is 3. The zero-order valence-electron chi connectivity index (χ0n) is 15.0. The van der Waals surface area contributed by atoms with Crippen LogP contribution in [-0.2, 0) is 15.5 Å². The third kappa shape index (κ3) is 4.64. The van der Waals surface area contributed by atoms with Gasteiger partial charge in [-0.15, -0.1) is 0 Å². The maximum Gasteiger partial charge on any atom is 0.195 e. The number of benzene rings is 1. The van der Waals surface area contributed by atoms with E-state index in [2.05, 4.69) is 29.6 Å². The standard InChI is InChI=1S/C16H27N3O2SSi/c1-15(2,3)23(7,8)19-22(17,21)14-10-12(16(4,5)20)9-13(11-14)18-6/h9-11,20H,1-5,7-8H3,(H2,17,19,21). The van der Waals surface area contributed by atoms with Crippen LogP contribution in [0.25, 0.3) is 4.85 Å². The Morgan fingerprint density at radius 1 is 1.22 bits per heavy atom. The van der Waals surface area contributed by atoms with Gasteiger partial charge < -0.3 is 5.11 Å². The average Bonchev–Trinajstić information content (AvgIpc) is 2.34. The molecule has 0 radical (unpaired) electrons. The normalized spacial score (nSPS) is 15.7. The molecule has 0 saturated heterocycles. The zero-order valence-corrected chi connectivity index (χ0v) is 16.8. The summed E-state index contributed by atoms with van der Waals surface area (Å²) in [5.41, 5.74) is -0.352. The fraction of sp³-hybridized carbons (Fsp3) is 0.562. The van der Waals surface area contributed by atoms with Gasteiger partial charge in [0, 0.05) is 0 Å². The molecule has 0 aliphatic heterocycles. The van der Waals surface area contributed by atoms with E-state index in [0.29, 0.717) is 16.1 Å². The molecule has 0 fully saturated rings. The summed E-state index contributed by atoms with van der Waals surface area (Å²) in [4.78, 5) is 3.69. The summed E-state index contributed by atoms with van der Waals surface area (Å²) >= 11 is 0. The summed E-state index contributed by atoms with van der Waals surface area (Å²) in [6.45, 7) is 20.7. The molecular formula is C16H27N3O2SSi. The first-order valence-electron chi connectivity index (χ1n) is 7.42. The minimum Gasteiger partial charge on any atom is -0.386 e. The predicted molar refractivity (Wildman–Crippen MR) is 98.2 cm³/mol. The van der Waals surface area contributed by atoms with Crippen molar-refractivity contribution in [2.75, 3.05) is 0 Å². The Labute approximate surface area is 141 Å². The summed E-state index contributed by atoms with van der Waals surface area (Å²) < 4.78 is 17.6. The van der Waals surface area contributed by atoms with Crippen molar-refractivity contribution in [3.8, 4) is 0 Å². The van der Waals surface area contributed by atoms with Gasteiger partial charge in [-0.25, -0.2) is 14.2 Å². The third-order valence-corrected chi connectivity index (χ3v) is 11.8. The number of nitrogens with two attached hydrogens (primary N) is 1. The molecule has 0 spiro atoms. The highest BCUT2D eigenvalue weighted by Crippen LogP contribution is 2.38. The van der Waals surface area contributed by atoms with Gasteiger partial charge in [0.1, 0.15) is 9.92 Å². The largest absolute Gasteiger partial charge is 0.386 e. The lowest BCUT2D eigenvalue weighted by Crippen LogP contribution is -2.37. The van der Waals surface area contributed by atoms with Crippen LogP contribution in [0.1, 0.15) is 40.2 Å². The number of nitrogens with zero attached hydrogens (tertiary/aromatic N) is 2. The van der Waals surface area contributed by atoms with E-state index in [0.717, 1.165) is 0 Å². The van der Waals surface area contributed by atoms with E-state index in [9.17, 15) is 9.32 Å². The van der Waals surface area contributed by atoms with Crippen LogP contribution in [0, 0.1) is 6.57 Å². The maximum atomic E-state index is 13.1. The Kier molecular flexibility index (Phi) is 5.19. The molecule has 128 valence electrons. The van der Waals surface area contributed by atoms with Crippen molar-refractivity contribution in [3.63, 3.8) is 0 Å². The van der Waals surface area contributed by atoms with E-state index in [1.165, 1.54) is 6.07 Å². The fourth-order valence-electron chi connectivity index (χ4n) is 1.70. The van der Waals surface area contributed by atoms with Crippen LogP contribution < -0.4 is 5.14 Å². The number of aliphatic hydroxyl groups is 1. The Morgan fingerprint density at radius 2 is 1.74 bits per heavy atom. The van der Waals surface area contributed by atoms with Crippen molar-refractivity contribution < 1.29 is 9.32 Å². The quantitative estimate of drug-likeness (QED) is 0.631. The van der Waals surface area contributed by atoms with Gasteiger partial charge in [-0.1, -0.05) is 26.8 Å². The molecule has 23 heavy (non-hydrogen) atoms. The van der Waals surface area contributed by atoms with Crippen LogP contribution in [0.2, 0.25) is 18.1 Å². The van der Waals surface area contributed by atoms with E-state index in [-0.39, 0.29) is 5.04 Å². The molecule has 0 bridgehead atoms. The lowest BCUT2D eigenvalue weighted by molar-refractivity contribution is 0.0784. The second kappa shape index (κ2) is 6.02. The van der Waals surface area contributed by atoms with E-state index in [1.54, 1.807) is 26.0 Å². The monoisotopic (exact) mass is 353 g/mol. The van der Waals surface area contributed by atoms with E-state index < -0.39 is 23.8 Å². The molecule has 0 saturated carbocycles. The lowest BCUT2D eigenvalue weighted by atomic mass is 9.98. The molecule has 1 atom stereocenters. The van der Waals surface area contributed by atoms with Gasteiger partial charge in [-0.2, -0.15) is 0 Å². The SMILES string of the molecule is [C-]#[N+]c1cc(C(C)(C)O)cc(S(N)(=O)=N[Si](C)(C)C(C)(C)C)c1. The molecule has 5 nitrogen and oxygen atoms in total. The summed E-state index contributed by atoms with van der Waals surface area (Å²) in [6, 6.07) is 4.67. The first kappa shape index (κ1) is 19.8. The lowest BCUT2D eigenvalue weighted by Gasteiger charge is -2.33. The highest BCUT2D eigenvalue weighted by atomic mass is 32.2. The van der Waals surface area contributed by atoms with Crippen LogP contribution in [0.5, 0.6) is 0 Å². The molecule has 0 heterocycles. The van der Waals surface area contributed by atoms with Gasteiger partial charge in [0.25, 0.3) is 0 Å². The van der Waals surface area contributed by atoms with E-state index >= 15 is 0 Å². The Morgan fingerprint density at radius 3 is 2.13 bits per heavy atom. The van der Waals surface area contributed by atoms with Crippen LogP contribution in [-0.4, -0.2) is 17.6 Å². The van der Waals surface area contributed by atoms with E-state index in [4.69, 9.17) is 11.7 Å². The van der Waals surface area contributed by atoms with Crippen LogP contribution in [0.3, 0.4) is 0 Å². The minimum absolute atomic E-state index is 0.0917. The molecule has 0 aliphatic rings. The highest BCUT2D eigenvalue weighted by Gasteiger charge is 2.37. The molecule has 0 aliphatic carbocycles. The highest BCUT2D eigenvalue weighted by molar-refractivity contribution is 7.92. The van der Waals surface area contributed by atoms with Crippen LogP contribution >= 0.6 is 0 Å². The van der Waals surface area contributed by atoms with Crippen LogP contribution in [0.15, 0.2) is 27.1 Å². The zero-order chi connectivity index (χ0) is 18.3. The summed E-state index contributed by atoms with van der Waals surface area (Å²) in [5, 5.41) is 16.2. The molecule has 1 rings (SSSR count). The smallest absolute Gasteiger partial charge is 0.195 e. The predicted octanol–water partition coefficient (Wildman–Crippen LogP) is 4.17. The fourth-order valence-corrected chi connectivity index (χ4v) is 6.51. The van der Waals surface area contributed by atoms with Gasteiger partial charge in [0.05, 0.1) is 17.1 Å². The van der Waals surface area contributed by atoms with Crippen molar-refractivity contribution in [1.29, 1.82) is 0 Å². The van der Waals surface area contributed by atoms with Gasteiger partial charge in [0.15, 0.2) is 13.9 Å². The van der Waals surface area contributed by atoms with Crippen molar-refractivity contribution >= 4 is 23.8 Å². The molecule has 0 aromatic heterocycles. The molecule has 7 heteroatoms. The first-order chi connectivity index (χ1) is 10.1. The first-order valence-corrected chi connectivity index (χ1v) is 11.9. The number of hydrogen-bond donors (Lipinski definition) is 2. The minimum atomic E-state index is -3.13. The average molecular weight is 354 g/mol. The number of rotatable bonds is 3. The topological polar surface area (TPSA) is 80.0 Å². The molecule has 3 N–H and O–H groups in total. The van der Waals surface area contributed by atoms with Gasteiger partial charge >= 0.3 is 0 Å². The summed E-state index contributed by atoms with van der Waals surface area (Å²) in [7, 11) is -5.36. The van der Waals surface area contributed by atoms with Crippen molar-refractivity contribution in [3.05, 3.63) is 35.2 Å². The third-order valence-electron chi connectivity index (χ3n) is 4.26. The van der Waals surface area contributed by atoms with E-state index in [1.807, 2.05) is 13.1 Å². The van der Waals surface area contributed by atoms with Gasteiger partial charge in [-0.05, 0) is 49.7 Å². The van der Waals surface area contributed by atoms with Gasteiger partial charge in [0.2, 0.25) is 0 Å². The second-order valence-corrected chi connectivity index (χ2v) is 14.8. The Hall–Kier alpha value is -1.20. The molecule has 1 aromatic rings. The summed E-state index contributed by atoms with van der Waals surface area (Å²) in [6.07, 6.45) is 0. The van der Waals surface area contributed by atoms with Crippen molar-refractivity contribution in [1.82, 2.24) is 0 Å². The molecule has 1 aromatic carbocycles. The molecule has 1 unspecified atom stereocenters. The Balaban J connectivity index is 3.63. The maximum absolute atomic E-state index is 13.1. The second-order valence-electron chi connectivity index (χ2n) is 7.86. The summed E-state index contributed by atoms with van der Waals surface area (Å²) in [5.74, 6) is 0. The van der Waals surface area contributed by atoms with Crippen LogP contribution in [0.4, 0.5) is 5.69 Å². The van der Waals surface area contributed by atoms with Gasteiger partial charge in [-0.3, -0.25) is 4.03 Å².